The van der Waals surface area contributed by atoms with E-state index in [1.54, 1.807) is 0 Å². The second-order valence-electron chi connectivity index (χ2n) is 6.84. The number of nitrogens with one attached hydrogen (secondary N) is 2. The van der Waals surface area contributed by atoms with Crippen molar-refractivity contribution in [3.63, 3.8) is 0 Å². The number of amides is 2. The number of nitrogens with zero attached hydrogens (tertiary/aromatic N) is 1. The molecule has 2 aliphatic rings. The lowest BCUT2D eigenvalue weighted by atomic mass is 9.84. The van der Waals surface area contributed by atoms with Gasteiger partial charge in [0.05, 0.1) is 0 Å². The Morgan fingerprint density at radius 2 is 1.88 bits per heavy atom. The zero-order chi connectivity index (χ0) is 16.9. The van der Waals surface area contributed by atoms with Crippen LogP contribution < -0.4 is 10.6 Å². The Hall–Kier alpha value is -1.88. The van der Waals surface area contributed by atoms with Gasteiger partial charge in [-0.05, 0) is 44.4 Å². The van der Waals surface area contributed by atoms with E-state index in [-0.39, 0.29) is 23.9 Å². The Kier molecular flexibility index (Phi) is 5.51. The molecule has 5 nitrogen and oxygen atoms in total. The summed E-state index contributed by atoms with van der Waals surface area (Å²) in [5, 5.41) is 6.00. The summed E-state index contributed by atoms with van der Waals surface area (Å²) in [5.74, 6) is 0.453. The molecule has 1 aliphatic carbocycles. The highest BCUT2D eigenvalue weighted by Crippen LogP contribution is 2.40. The molecular weight excluding hydrogens is 302 g/mol. The number of benzene rings is 1. The largest absolute Gasteiger partial charge is 0.353 e. The molecule has 2 fully saturated rings. The number of likely N-dealkylation sites (N-methyl/N-ethyl adjacent to an activating group) is 1. The molecule has 1 aliphatic heterocycles. The molecule has 1 saturated carbocycles. The van der Waals surface area contributed by atoms with Gasteiger partial charge in [0.15, 0.2) is 0 Å². The molecular formula is C19H27N3O2. The topological polar surface area (TPSA) is 61.4 Å². The van der Waals surface area contributed by atoms with Crippen molar-refractivity contribution in [2.24, 2.45) is 5.92 Å². The van der Waals surface area contributed by atoms with Gasteiger partial charge >= 0.3 is 0 Å². The first-order valence-corrected chi connectivity index (χ1v) is 9.02. The first-order chi connectivity index (χ1) is 11.7. The highest BCUT2D eigenvalue weighted by molar-refractivity contribution is 5.98. The Morgan fingerprint density at radius 1 is 1.12 bits per heavy atom. The summed E-state index contributed by atoms with van der Waals surface area (Å²) in [7, 11) is 1.86. The zero-order valence-corrected chi connectivity index (χ0v) is 14.3. The molecule has 1 aromatic rings. The van der Waals surface area contributed by atoms with E-state index < -0.39 is 0 Å². The van der Waals surface area contributed by atoms with Crippen molar-refractivity contribution in [3.05, 3.63) is 35.9 Å². The molecule has 3 unspecified atom stereocenters. The van der Waals surface area contributed by atoms with Crippen molar-refractivity contribution in [2.45, 2.75) is 44.2 Å². The zero-order valence-electron chi connectivity index (χ0n) is 14.3. The van der Waals surface area contributed by atoms with Crippen LogP contribution in [-0.2, 0) is 4.79 Å². The van der Waals surface area contributed by atoms with Crippen LogP contribution in [0.3, 0.4) is 0 Å². The summed E-state index contributed by atoms with van der Waals surface area (Å²) in [6.07, 6.45) is 5.30. The van der Waals surface area contributed by atoms with Gasteiger partial charge in [-0.3, -0.25) is 9.59 Å². The number of rotatable bonds is 5. The molecule has 0 radical (unpaired) electrons. The van der Waals surface area contributed by atoms with Crippen molar-refractivity contribution in [2.75, 3.05) is 20.1 Å². The Balaban J connectivity index is 1.80. The minimum atomic E-state index is -0.331. The van der Waals surface area contributed by atoms with E-state index in [1.807, 2.05) is 42.3 Å². The maximum Gasteiger partial charge on any atom is 0.254 e. The summed E-state index contributed by atoms with van der Waals surface area (Å²) >= 11 is 0. The van der Waals surface area contributed by atoms with E-state index in [0.29, 0.717) is 18.0 Å². The quantitative estimate of drug-likeness (QED) is 0.810. The monoisotopic (exact) mass is 329 g/mol. The molecule has 3 rings (SSSR count). The SMILES string of the molecule is CNCCNC(=O)C1CC2CCCCC2N1C(=O)c1ccccc1. The molecule has 24 heavy (non-hydrogen) atoms. The van der Waals surface area contributed by atoms with Gasteiger partial charge in [0, 0.05) is 24.7 Å². The smallest absolute Gasteiger partial charge is 0.254 e. The van der Waals surface area contributed by atoms with Gasteiger partial charge < -0.3 is 15.5 Å². The lowest BCUT2D eigenvalue weighted by Crippen LogP contribution is -2.50. The molecule has 2 amide bonds. The first-order valence-electron chi connectivity index (χ1n) is 9.02. The average molecular weight is 329 g/mol. The number of carbonyl (C=O) groups excluding carboxylic acids is 2. The van der Waals surface area contributed by atoms with E-state index in [2.05, 4.69) is 10.6 Å². The van der Waals surface area contributed by atoms with E-state index in [1.165, 1.54) is 6.42 Å². The van der Waals surface area contributed by atoms with E-state index in [0.717, 1.165) is 32.2 Å². The summed E-state index contributed by atoms with van der Waals surface area (Å²) in [6, 6.07) is 9.23. The maximum absolute atomic E-state index is 13.1. The molecule has 5 heteroatoms. The number of likely N-dealkylation sites (tertiary alicyclic amines) is 1. The van der Waals surface area contributed by atoms with Crippen molar-refractivity contribution in [1.29, 1.82) is 0 Å². The Morgan fingerprint density at radius 3 is 2.62 bits per heavy atom. The van der Waals surface area contributed by atoms with Gasteiger partial charge in [-0.1, -0.05) is 31.0 Å². The van der Waals surface area contributed by atoms with Gasteiger partial charge in [0.25, 0.3) is 5.91 Å². The maximum atomic E-state index is 13.1. The molecule has 130 valence electrons. The molecule has 0 spiro atoms. The highest BCUT2D eigenvalue weighted by Gasteiger charge is 2.47. The first kappa shape index (κ1) is 17.0. The van der Waals surface area contributed by atoms with Crippen LogP contribution >= 0.6 is 0 Å². The van der Waals surface area contributed by atoms with Gasteiger partial charge in [0.2, 0.25) is 5.91 Å². The van der Waals surface area contributed by atoms with Crippen LogP contribution in [0.2, 0.25) is 0 Å². The van der Waals surface area contributed by atoms with Gasteiger partial charge in [0.1, 0.15) is 6.04 Å². The fraction of sp³-hybridized carbons (Fsp3) is 0.579. The Bertz CT molecular complexity index is 575. The second-order valence-corrected chi connectivity index (χ2v) is 6.84. The molecule has 1 saturated heterocycles. The fourth-order valence-electron chi connectivity index (χ4n) is 4.14. The number of hydrogen-bond donors (Lipinski definition) is 2. The van der Waals surface area contributed by atoms with Gasteiger partial charge in [-0.25, -0.2) is 0 Å². The van der Waals surface area contributed by atoms with Crippen LogP contribution in [0.25, 0.3) is 0 Å². The fourth-order valence-corrected chi connectivity index (χ4v) is 4.14. The predicted molar refractivity (Wildman–Crippen MR) is 93.7 cm³/mol. The van der Waals surface area contributed by atoms with Crippen LogP contribution in [0.4, 0.5) is 0 Å². The third-order valence-corrected chi connectivity index (χ3v) is 5.32. The highest BCUT2D eigenvalue weighted by atomic mass is 16.2. The third kappa shape index (κ3) is 3.46. The summed E-state index contributed by atoms with van der Waals surface area (Å²) in [4.78, 5) is 27.6. The molecule has 1 aromatic carbocycles. The van der Waals surface area contributed by atoms with Crippen molar-refractivity contribution >= 4 is 11.8 Å². The van der Waals surface area contributed by atoms with Crippen LogP contribution in [0, 0.1) is 5.92 Å². The van der Waals surface area contributed by atoms with Crippen LogP contribution in [0.5, 0.6) is 0 Å². The lowest BCUT2D eigenvalue weighted by molar-refractivity contribution is -0.125. The van der Waals surface area contributed by atoms with Crippen molar-refractivity contribution in [1.82, 2.24) is 15.5 Å². The Labute approximate surface area is 143 Å². The normalized spacial score (nSPS) is 26.0. The van der Waals surface area contributed by atoms with E-state index >= 15 is 0 Å². The summed E-state index contributed by atoms with van der Waals surface area (Å²) in [5.41, 5.74) is 0.678. The minimum absolute atomic E-state index is 0.00114. The van der Waals surface area contributed by atoms with Crippen LogP contribution in [0.1, 0.15) is 42.5 Å². The number of hydrogen-bond acceptors (Lipinski definition) is 3. The lowest BCUT2D eigenvalue weighted by Gasteiger charge is -2.33. The molecule has 0 bridgehead atoms. The van der Waals surface area contributed by atoms with Gasteiger partial charge in [-0.15, -0.1) is 0 Å². The van der Waals surface area contributed by atoms with Gasteiger partial charge in [-0.2, -0.15) is 0 Å². The molecule has 3 atom stereocenters. The molecule has 1 heterocycles. The third-order valence-electron chi connectivity index (χ3n) is 5.32. The minimum Gasteiger partial charge on any atom is -0.353 e. The molecule has 2 N–H and O–H groups in total. The standard InChI is InChI=1S/C19H27N3O2/c1-20-11-12-21-18(23)17-13-15-9-5-6-10-16(15)22(17)19(24)14-7-3-2-4-8-14/h2-4,7-8,15-17,20H,5-6,9-13H2,1H3,(H,21,23). The van der Waals surface area contributed by atoms with Crippen molar-refractivity contribution in [3.8, 4) is 0 Å². The van der Waals surface area contributed by atoms with E-state index in [9.17, 15) is 9.59 Å². The average Bonchev–Trinajstić information content (AvgIpc) is 3.01. The number of carbonyl (C=O) groups is 2. The molecule has 0 aromatic heterocycles. The van der Waals surface area contributed by atoms with Crippen molar-refractivity contribution < 1.29 is 9.59 Å². The van der Waals surface area contributed by atoms with Crippen LogP contribution in [-0.4, -0.2) is 48.9 Å². The van der Waals surface area contributed by atoms with E-state index in [4.69, 9.17) is 0 Å². The summed E-state index contributed by atoms with van der Waals surface area (Å²) < 4.78 is 0. The summed E-state index contributed by atoms with van der Waals surface area (Å²) in [6.45, 7) is 1.33. The number of fused-ring (bicyclic) bond motifs is 1. The van der Waals surface area contributed by atoms with Crippen LogP contribution in [0.15, 0.2) is 30.3 Å². The predicted octanol–water partition coefficient (Wildman–Crippen LogP) is 1.80. The second kappa shape index (κ2) is 7.79.